The van der Waals surface area contributed by atoms with Crippen molar-refractivity contribution in [2.45, 2.75) is 6.92 Å². The van der Waals surface area contributed by atoms with E-state index in [1.807, 2.05) is 13.0 Å². The minimum Gasteiger partial charge on any atom is -0.468 e. The zero-order valence-corrected chi connectivity index (χ0v) is 10.9. The van der Waals surface area contributed by atoms with Gasteiger partial charge in [0.15, 0.2) is 0 Å². The Kier molecular flexibility index (Phi) is 5.58. The molecule has 3 N–H and O–H groups in total. The summed E-state index contributed by atoms with van der Waals surface area (Å²) in [6.45, 7) is 1.97. The van der Waals surface area contributed by atoms with Gasteiger partial charge >= 0.3 is 5.97 Å². The van der Waals surface area contributed by atoms with E-state index in [9.17, 15) is 9.59 Å². The van der Waals surface area contributed by atoms with Crippen molar-refractivity contribution in [2.75, 3.05) is 20.2 Å². The lowest BCUT2D eigenvalue weighted by Crippen LogP contribution is -2.30. The lowest BCUT2D eigenvalue weighted by atomic mass is 10.1. The molecule has 0 aliphatic rings. The zero-order valence-electron chi connectivity index (χ0n) is 10.9. The highest BCUT2D eigenvalue weighted by Gasteiger charge is 2.09. The van der Waals surface area contributed by atoms with E-state index in [-0.39, 0.29) is 19.0 Å². The number of nitrogens with two attached hydrogens (primary N) is 1. The van der Waals surface area contributed by atoms with Crippen molar-refractivity contribution in [3.63, 3.8) is 0 Å². The largest absolute Gasteiger partial charge is 0.468 e. The van der Waals surface area contributed by atoms with Crippen LogP contribution in [0.1, 0.15) is 21.5 Å². The van der Waals surface area contributed by atoms with Gasteiger partial charge in [-0.05, 0) is 30.7 Å². The van der Waals surface area contributed by atoms with Gasteiger partial charge in [0.05, 0.1) is 13.7 Å². The Morgan fingerprint density at radius 1 is 1.37 bits per heavy atom. The number of rotatable bonds is 3. The van der Waals surface area contributed by atoms with Crippen LogP contribution in [0.5, 0.6) is 0 Å². The van der Waals surface area contributed by atoms with Crippen molar-refractivity contribution >= 4 is 11.9 Å². The molecule has 5 nitrogen and oxygen atoms in total. The van der Waals surface area contributed by atoms with Crippen molar-refractivity contribution in [3.8, 4) is 11.8 Å². The van der Waals surface area contributed by atoms with Gasteiger partial charge in [-0.1, -0.05) is 11.8 Å². The van der Waals surface area contributed by atoms with E-state index in [4.69, 9.17) is 5.73 Å². The summed E-state index contributed by atoms with van der Waals surface area (Å²) >= 11 is 0. The number of hydrogen-bond acceptors (Lipinski definition) is 4. The monoisotopic (exact) mass is 260 g/mol. The van der Waals surface area contributed by atoms with Gasteiger partial charge < -0.3 is 15.8 Å². The fourth-order valence-electron chi connectivity index (χ4n) is 1.47. The molecule has 1 rings (SSSR count). The van der Waals surface area contributed by atoms with Crippen LogP contribution in [0.3, 0.4) is 0 Å². The number of carbonyl (C=O) groups excluding carboxylic acids is 2. The number of benzene rings is 1. The Bertz CT molecular complexity index is 541. The maximum absolute atomic E-state index is 11.9. The summed E-state index contributed by atoms with van der Waals surface area (Å²) in [6.07, 6.45) is 0. The molecule has 0 spiro atoms. The van der Waals surface area contributed by atoms with Crippen LogP contribution in [0.4, 0.5) is 0 Å². The smallest absolute Gasteiger partial charge is 0.325 e. The number of hydrogen-bond donors (Lipinski definition) is 2. The van der Waals surface area contributed by atoms with E-state index in [0.717, 1.165) is 5.56 Å². The molecule has 1 aromatic rings. The molecular weight excluding hydrogens is 244 g/mol. The summed E-state index contributed by atoms with van der Waals surface area (Å²) in [5.41, 5.74) is 7.38. The molecule has 1 aromatic carbocycles. The summed E-state index contributed by atoms with van der Waals surface area (Å²) < 4.78 is 4.45. The second kappa shape index (κ2) is 7.19. The first-order chi connectivity index (χ1) is 9.06. The molecule has 1 amide bonds. The SMILES string of the molecule is COC(=O)CNC(=O)c1cc(C)cc(C#CCN)c1. The second-order valence-corrected chi connectivity index (χ2v) is 3.85. The number of amides is 1. The van der Waals surface area contributed by atoms with Crippen LogP contribution in [0.15, 0.2) is 18.2 Å². The van der Waals surface area contributed by atoms with E-state index in [1.165, 1.54) is 7.11 Å². The number of nitrogens with one attached hydrogen (secondary N) is 1. The van der Waals surface area contributed by atoms with Gasteiger partial charge in [-0.3, -0.25) is 9.59 Å². The molecule has 5 heteroatoms. The van der Waals surface area contributed by atoms with Crippen molar-refractivity contribution < 1.29 is 14.3 Å². The lowest BCUT2D eigenvalue weighted by molar-refractivity contribution is -0.139. The average Bonchev–Trinajstić information content (AvgIpc) is 2.41. The molecule has 19 heavy (non-hydrogen) atoms. The van der Waals surface area contributed by atoms with Crippen LogP contribution >= 0.6 is 0 Å². The minimum atomic E-state index is -0.496. The molecule has 0 aliphatic carbocycles. The third-order valence-electron chi connectivity index (χ3n) is 2.30. The second-order valence-electron chi connectivity index (χ2n) is 3.85. The Morgan fingerprint density at radius 3 is 2.74 bits per heavy atom. The summed E-state index contributed by atoms with van der Waals surface area (Å²) in [7, 11) is 1.27. The van der Waals surface area contributed by atoms with Crippen LogP contribution in [-0.2, 0) is 9.53 Å². The fourth-order valence-corrected chi connectivity index (χ4v) is 1.47. The summed E-state index contributed by atoms with van der Waals surface area (Å²) in [5.74, 6) is 4.76. The van der Waals surface area contributed by atoms with Gasteiger partial charge in [-0.25, -0.2) is 0 Å². The van der Waals surface area contributed by atoms with Crippen LogP contribution < -0.4 is 11.1 Å². The Labute approximate surface area is 112 Å². The molecule has 0 aliphatic heterocycles. The van der Waals surface area contributed by atoms with E-state index in [0.29, 0.717) is 11.1 Å². The summed E-state index contributed by atoms with van der Waals surface area (Å²) in [4.78, 5) is 22.8. The van der Waals surface area contributed by atoms with E-state index in [1.54, 1.807) is 12.1 Å². The van der Waals surface area contributed by atoms with Crippen LogP contribution in [0.2, 0.25) is 0 Å². The topological polar surface area (TPSA) is 81.4 Å². The standard InChI is InChI=1S/C14H16N2O3/c1-10-6-11(4-3-5-15)8-12(7-10)14(18)16-9-13(17)19-2/h6-8H,5,9,15H2,1-2H3,(H,16,18). The third kappa shape index (κ3) is 4.82. The van der Waals surface area contributed by atoms with Crippen molar-refractivity contribution in [3.05, 3.63) is 34.9 Å². The number of esters is 1. The van der Waals surface area contributed by atoms with Crippen molar-refractivity contribution in [1.82, 2.24) is 5.32 Å². The predicted molar refractivity (Wildman–Crippen MR) is 71.5 cm³/mol. The Balaban J connectivity index is 2.85. The van der Waals surface area contributed by atoms with Crippen molar-refractivity contribution in [1.29, 1.82) is 0 Å². The number of aryl methyl sites for hydroxylation is 1. The highest BCUT2D eigenvalue weighted by molar-refractivity contribution is 5.96. The molecule has 0 saturated heterocycles. The molecule has 0 aromatic heterocycles. The Hall–Kier alpha value is -2.32. The minimum absolute atomic E-state index is 0.160. The highest BCUT2D eigenvalue weighted by atomic mass is 16.5. The number of ether oxygens (including phenoxy) is 1. The van der Waals surface area contributed by atoms with Crippen molar-refractivity contribution in [2.24, 2.45) is 5.73 Å². The van der Waals surface area contributed by atoms with E-state index >= 15 is 0 Å². The zero-order chi connectivity index (χ0) is 14.3. The lowest BCUT2D eigenvalue weighted by Gasteiger charge is -2.05. The molecule has 0 bridgehead atoms. The maximum atomic E-state index is 11.9. The highest BCUT2D eigenvalue weighted by Crippen LogP contribution is 2.09. The normalized spacial score (nSPS) is 9.21. The molecule has 0 unspecified atom stereocenters. The van der Waals surface area contributed by atoms with Gasteiger partial charge in [-0.15, -0.1) is 0 Å². The van der Waals surface area contributed by atoms with Gasteiger partial charge in [0, 0.05) is 11.1 Å². The van der Waals surface area contributed by atoms with Gasteiger partial charge in [-0.2, -0.15) is 0 Å². The molecule has 0 atom stereocenters. The van der Waals surface area contributed by atoms with Crippen LogP contribution in [-0.4, -0.2) is 32.1 Å². The molecular formula is C14H16N2O3. The van der Waals surface area contributed by atoms with Crippen LogP contribution in [0, 0.1) is 18.8 Å². The summed E-state index contributed by atoms with van der Waals surface area (Å²) in [5, 5.41) is 2.47. The van der Waals surface area contributed by atoms with Gasteiger partial charge in [0.25, 0.3) is 5.91 Å². The van der Waals surface area contributed by atoms with E-state index in [2.05, 4.69) is 21.9 Å². The molecule has 0 fully saturated rings. The summed E-state index contributed by atoms with van der Waals surface area (Å²) in [6, 6.07) is 5.24. The average molecular weight is 260 g/mol. The fraction of sp³-hybridized carbons (Fsp3) is 0.286. The first kappa shape index (κ1) is 14.7. The quantitative estimate of drug-likeness (QED) is 0.601. The van der Waals surface area contributed by atoms with Gasteiger partial charge in [0.2, 0.25) is 0 Å². The molecule has 0 radical (unpaired) electrons. The third-order valence-corrected chi connectivity index (χ3v) is 2.30. The predicted octanol–water partition coefficient (Wildman–Crippen LogP) is 0.208. The first-order valence-electron chi connectivity index (χ1n) is 5.72. The van der Waals surface area contributed by atoms with Crippen LogP contribution in [0.25, 0.3) is 0 Å². The number of carbonyl (C=O) groups is 2. The van der Waals surface area contributed by atoms with E-state index < -0.39 is 5.97 Å². The molecule has 100 valence electrons. The van der Waals surface area contributed by atoms with Gasteiger partial charge in [0.1, 0.15) is 6.54 Å². The molecule has 0 heterocycles. The first-order valence-corrected chi connectivity index (χ1v) is 5.72. The Morgan fingerprint density at radius 2 is 2.11 bits per heavy atom. The maximum Gasteiger partial charge on any atom is 0.325 e. The molecule has 0 saturated carbocycles. The number of methoxy groups -OCH3 is 1.